The zero-order chi connectivity index (χ0) is 25.8. The minimum Gasteiger partial charge on any atom is -0.351 e. The van der Waals surface area contributed by atoms with Gasteiger partial charge in [-0.25, -0.2) is 0 Å². The summed E-state index contributed by atoms with van der Waals surface area (Å²) in [5.74, 6) is 0.0456. The predicted octanol–water partition coefficient (Wildman–Crippen LogP) is 7.26. The van der Waals surface area contributed by atoms with Gasteiger partial charge in [-0.2, -0.15) is 0 Å². The Kier molecular flexibility index (Phi) is 7.65. The van der Waals surface area contributed by atoms with Crippen molar-refractivity contribution in [1.82, 2.24) is 10.3 Å². The highest BCUT2D eigenvalue weighted by Crippen LogP contribution is 2.33. The van der Waals surface area contributed by atoms with E-state index in [2.05, 4.69) is 36.3 Å². The molecule has 0 spiro atoms. The highest BCUT2D eigenvalue weighted by atomic mass is 32.1. The average molecular weight is 512 g/mol. The molecule has 2 amide bonds. The molecule has 4 aromatic rings. The Morgan fingerprint density at radius 3 is 2.41 bits per heavy atom. The minimum atomic E-state index is -0.814. The molecule has 1 unspecified atom stereocenters. The molecule has 6 heteroatoms. The molecule has 1 atom stereocenters. The molecule has 2 aromatic carbocycles. The van der Waals surface area contributed by atoms with E-state index in [9.17, 15) is 9.59 Å². The van der Waals surface area contributed by atoms with Gasteiger partial charge in [-0.05, 0) is 71.7 Å². The SMILES string of the molecule is CC(C)c1ccc(N(C(=O)c2cccs2)C(C(=O)NC2CCCCC2)c2ccc3ncccc3c2)cc1. The van der Waals surface area contributed by atoms with E-state index in [-0.39, 0.29) is 17.9 Å². The third-order valence-electron chi connectivity index (χ3n) is 7.19. The third kappa shape index (κ3) is 5.59. The highest BCUT2D eigenvalue weighted by molar-refractivity contribution is 7.12. The molecule has 1 aliphatic carbocycles. The van der Waals surface area contributed by atoms with Gasteiger partial charge in [-0.15, -0.1) is 11.3 Å². The number of carbonyl (C=O) groups is 2. The van der Waals surface area contributed by atoms with Crippen molar-refractivity contribution >= 4 is 39.7 Å². The third-order valence-corrected chi connectivity index (χ3v) is 8.05. The largest absolute Gasteiger partial charge is 0.351 e. The fraction of sp³-hybridized carbons (Fsp3) is 0.323. The lowest BCUT2D eigenvalue weighted by atomic mass is 9.94. The quantitative estimate of drug-likeness (QED) is 0.284. The second-order valence-electron chi connectivity index (χ2n) is 10.1. The van der Waals surface area contributed by atoms with Gasteiger partial charge in [0.05, 0.1) is 10.4 Å². The molecule has 5 rings (SSSR count). The molecule has 0 aliphatic heterocycles. The number of carbonyl (C=O) groups excluding carboxylic acids is 2. The van der Waals surface area contributed by atoms with Crippen LogP contribution in [0.5, 0.6) is 0 Å². The molecule has 0 saturated heterocycles. The monoisotopic (exact) mass is 511 g/mol. The van der Waals surface area contributed by atoms with Crippen LogP contribution in [0.1, 0.15) is 78.7 Å². The van der Waals surface area contributed by atoms with Crippen LogP contribution < -0.4 is 10.2 Å². The van der Waals surface area contributed by atoms with Gasteiger partial charge in [0.25, 0.3) is 5.91 Å². The maximum Gasteiger partial charge on any atom is 0.269 e. The van der Waals surface area contributed by atoms with Gasteiger partial charge in [0.15, 0.2) is 0 Å². The number of aromatic nitrogens is 1. The van der Waals surface area contributed by atoms with Gasteiger partial charge in [-0.1, -0.05) is 63.4 Å². The Morgan fingerprint density at radius 1 is 0.946 bits per heavy atom. The van der Waals surface area contributed by atoms with Crippen LogP contribution in [0.25, 0.3) is 10.9 Å². The van der Waals surface area contributed by atoms with Gasteiger partial charge in [-0.3, -0.25) is 19.5 Å². The molecule has 5 nitrogen and oxygen atoms in total. The van der Waals surface area contributed by atoms with Gasteiger partial charge < -0.3 is 5.32 Å². The van der Waals surface area contributed by atoms with E-state index in [1.54, 1.807) is 11.1 Å². The van der Waals surface area contributed by atoms with E-state index in [0.29, 0.717) is 16.5 Å². The van der Waals surface area contributed by atoms with Crippen molar-refractivity contribution in [2.75, 3.05) is 4.90 Å². The topological polar surface area (TPSA) is 62.3 Å². The smallest absolute Gasteiger partial charge is 0.269 e. The van der Waals surface area contributed by atoms with Crippen molar-refractivity contribution in [2.45, 2.75) is 64.0 Å². The second-order valence-corrected chi connectivity index (χ2v) is 11.0. The molecular formula is C31H33N3O2S. The Labute approximate surface area is 222 Å². The highest BCUT2D eigenvalue weighted by Gasteiger charge is 2.35. The number of benzene rings is 2. The maximum absolute atomic E-state index is 14.1. The molecule has 190 valence electrons. The van der Waals surface area contributed by atoms with Crippen LogP contribution in [0.15, 0.2) is 78.3 Å². The number of fused-ring (bicyclic) bond motifs is 1. The van der Waals surface area contributed by atoms with Crippen LogP contribution in [0, 0.1) is 0 Å². The first-order valence-corrected chi connectivity index (χ1v) is 14.0. The van der Waals surface area contributed by atoms with Crippen LogP contribution >= 0.6 is 11.3 Å². The molecule has 0 radical (unpaired) electrons. The van der Waals surface area contributed by atoms with Crippen molar-refractivity contribution < 1.29 is 9.59 Å². The van der Waals surface area contributed by atoms with E-state index < -0.39 is 6.04 Å². The van der Waals surface area contributed by atoms with Crippen molar-refractivity contribution in [2.24, 2.45) is 0 Å². The number of anilines is 1. The van der Waals surface area contributed by atoms with Crippen molar-refractivity contribution in [3.05, 3.63) is 94.3 Å². The molecule has 2 aromatic heterocycles. The summed E-state index contributed by atoms with van der Waals surface area (Å²) in [7, 11) is 0. The van der Waals surface area contributed by atoms with Crippen LogP contribution in [-0.2, 0) is 4.79 Å². The number of rotatable bonds is 7. The fourth-order valence-corrected chi connectivity index (χ4v) is 5.79. The van der Waals surface area contributed by atoms with Crippen molar-refractivity contribution in [3.8, 4) is 0 Å². The van der Waals surface area contributed by atoms with Crippen molar-refractivity contribution in [3.63, 3.8) is 0 Å². The van der Waals surface area contributed by atoms with Gasteiger partial charge in [0.1, 0.15) is 6.04 Å². The number of thiophene rings is 1. The van der Waals surface area contributed by atoms with Crippen LogP contribution in [-0.4, -0.2) is 22.8 Å². The summed E-state index contributed by atoms with van der Waals surface area (Å²) in [4.78, 5) is 34.9. The molecule has 1 fully saturated rings. The van der Waals surface area contributed by atoms with Crippen LogP contribution in [0.2, 0.25) is 0 Å². The lowest BCUT2D eigenvalue weighted by Gasteiger charge is -2.33. The number of nitrogens with one attached hydrogen (secondary N) is 1. The average Bonchev–Trinajstić information content (AvgIpc) is 3.47. The Bertz CT molecular complexity index is 1360. The second kappa shape index (κ2) is 11.3. The fourth-order valence-electron chi connectivity index (χ4n) is 5.13. The van der Waals surface area contributed by atoms with E-state index in [0.717, 1.165) is 42.1 Å². The molecule has 1 N–H and O–H groups in total. The van der Waals surface area contributed by atoms with Gasteiger partial charge >= 0.3 is 0 Å². The predicted molar refractivity (Wildman–Crippen MR) is 151 cm³/mol. The van der Waals surface area contributed by atoms with E-state index in [1.807, 2.05) is 60.0 Å². The number of amides is 2. The first-order chi connectivity index (χ1) is 18.0. The summed E-state index contributed by atoms with van der Waals surface area (Å²) in [6.45, 7) is 4.29. The van der Waals surface area contributed by atoms with Crippen molar-refractivity contribution in [1.29, 1.82) is 0 Å². The van der Waals surface area contributed by atoms with E-state index in [4.69, 9.17) is 0 Å². The first kappa shape index (κ1) is 25.2. The number of pyridine rings is 1. The molecule has 1 saturated carbocycles. The molecule has 37 heavy (non-hydrogen) atoms. The summed E-state index contributed by atoms with van der Waals surface area (Å²) < 4.78 is 0. The van der Waals surface area contributed by atoms with Crippen LogP contribution in [0.4, 0.5) is 5.69 Å². The van der Waals surface area contributed by atoms with E-state index >= 15 is 0 Å². The Balaban J connectivity index is 1.62. The molecule has 1 aliphatic rings. The number of hydrogen-bond acceptors (Lipinski definition) is 4. The first-order valence-electron chi connectivity index (χ1n) is 13.1. The maximum atomic E-state index is 14.1. The number of nitrogens with zero attached hydrogens (tertiary/aromatic N) is 2. The lowest BCUT2D eigenvalue weighted by Crippen LogP contribution is -2.47. The Hall–Kier alpha value is -3.51. The Morgan fingerprint density at radius 2 is 1.70 bits per heavy atom. The summed E-state index contributed by atoms with van der Waals surface area (Å²) in [6.07, 6.45) is 7.15. The molecule has 0 bridgehead atoms. The standard InChI is InChI=1S/C31H33N3O2S/c1-21(2)22-12-15-26(16-13-22)34(31(36)28-11-7-19-37-28)29(30(35)33-25-9-4-3-5-10-25)24-14-17-27-23(20-24)8-6-18-32-27/h6-8,11-21,25,29H,3-5,9-10H2,1-2H3,(H,33,35). The van der Waals surface area contributed by atoms with Gasteiger partial charge in [0.2, 0.25) is 5.91 Å². The van der Waals surface area contributed by atoms with E-state index in [1.165, 1.54) is 23.3 Å². The van der Waals surface area contributed by atoms with Crippen LogP contribution in [0.3, 0.4) is 0 Å². The molecule has 2 heterocycles. The van der Waals surface area contributed by atoms with Gasteiger partial charge in [0, 0.05) is 23.3 Å². The number of hydrogen-bond donors (Lipinski definition) is 1. The summed E-state index contributed by atoms with van der Waals surface area (Å²) in [5.41, 5.74) is 3.52. The zero-order valence-electron chi connectivity index (χ0n) is 21.4. The lowest BCUT2D eigenvalue weighted by molar-refractivity contribution is -0.123. The zero-order valence-corrected chi connectivity index (χ0v) is 22.2. The summed E-state index contributed by atoms with van der Waals surface area (Å²) >= 11 is 1.39. The summed E-state index contributed by atoms with van der Waals surface area (Å²) in [6, 6.07) is 20.8. The molecular weight excluding hydrogens is 478 g/mol. The minimum absolute atomic E-state index is 0.132. The summed E-state index contributed by atoms with van der Waals surface area (Å²) in [5, 5.41) is 6.13. The normalized spacial score (nSPS) is 15.0.